The van der Waals surface area contributed by atoms with Crippen LogP contribution in [0, 0.1) is 12.7 Å². The van der Waals surface area contributed by atoms with E-state index >= 15 is 0 Å². The lowest BCUT2D eigenvalue weighted by Crippen LogP contribution is -2.23. The molecule has 0 saturated carbocycles. The van der Waals surface area contributed by atoms with Crippen molar-refractivity contribution in [3.63, 3.8) is 0 Å². The Labute approximate surface area is 113 Å². The average Bonchev–Trinajstić information content (AvgIpc) is 2.81. The molecule has 2 aromatic rings. The first-order valence-corrected chi connectivity index (χ1v) is 6.73. The normalized spacial score (nSPS) is 12.6. The first kappa shape index (κ1) is 13.8. The smallest absolute Gasteiger partial charge is 0.123 e. The Hall–Kier alpha value is -1.61. The van der Waals surface area contributed by atoms with E-state index in [0.717, 1.165) is 36.5 Å². The molecular formula is C16H20FNO. The van der Waals surface area contributed by atoms with Crippen LogP contribution < -0.4 is 5.32 Å². The molecule has 3 heteroatoms. The lowest BCUT2D eigenvalue weighted by molar-refractivity contribution is 0.398. The molecule has 102 valence electrons. The second-order valence-electron chi connectivity index (χ2n) is 4.79. The predicted octanol–water partition coefficient (Wildman–Crippen LogP) is 4.01. The van der Waals surface area contributed by atoms with Gasteiger partial charge in [-0.15, -0.1) is 0 Å². The number of furan rings is 1. The molecule has 1 aromatic heterocycles. The third-order valence-electron chi connectivity index (χ3n) is 3.07. The Morgan fingerprint density at radius 2 is 2.11 bits per heavy atom. The summed E-state index contributed by atoms with van der Waals surface area (Å²) < 4.78 is 18.9. The van der Waals surface area contributed by atoms with Gasteiger partial charge in [-0.1, -0.05) is 19.1 Å². The summed E-state index contributed by atoms with van der Waals surface area (Å²) in [5.74, 6) is 1.62. The van der Waals surface area contributed by atoms with E-state index in [9.17, 15) is 4.39 Å². The number of rotatable bonds is 6. The number of hydrogen-bond donors (Lipinski definition) is 1. The zero-order valence-electron chi connectivity index (χ0n) is 11.4. The summed E-state index contributed by atoms with van der Waals surface area (Å²) in [5, 5.41) is 3.45. The van der Waals surface area contributed by atoms with Crippen molar-refractivity contribution >= 4 is 0 Å². The summed E-state index contributed by atoms with van der Waals surface area (Å²) in [6.07, 6.45) is 1.78. The fraction of sp³-hybridized carbons (Fsp3) is 0.375. The Morgan fingerprint density at radius 1 is 1.26 bits per heavy atom. The fourth-order valence-electron chi connectivity index (χ4n) is 2.13. The molecule has 1 N–H and O–H groups in total. The molecular weight excluding hydrogens is 241 g/mol. The lowest BCUT2D eigenvalue weighted by Gasteiger charge is -2.16. The van der Waals surface area contributed by atoms with Gasteiger partial charge in [0.05, 0.1) is 6.04 Å². The van der Waals surface area contributed by atoms with E-state index in [2.05, 4.69) is 12.2 Å². The van der Waals surface area contributed by atoms with Crippen molar-refractivity contribution in [3.05, 3.63) is 59.3 Å². The zero-order chi connectivity index (χ0) is 13.7. The van der Waals surface area contributed by atoms with Gasteiger partial charge in [0.2, 0.25) is 0 Å². The van der Waals surface area contributed by atoms with Crippen LogP contribution in [0.25, 0.3) is 0 Å². The van der Waals surface area contributed by atoms with Crippen molar-refractivity contribution < 1.29 is 8.81 Å². The Morgan fingerprint density at radius 3 is 2.74 bits per heavy atom. The van der Waals surface area contributed by atoms with Crippen molar-refractivity contribution in [1.29, 1.82) is 0 Å². The summed E-state index contributed by atoms with van der Waals surface area (Å²) in [7, 11) is 0. The van der Waals surface area contributed by atoms with Gasteiger partial charge in [-0.3, -0.25) is 0 Å². The first-order chi connectivity index (χ1) is 9.19. The molecule has 0 aliphatic carbocycles. The SMILES string of the molecule is CCCNC(Cc1cccc(F)c1)c1ccc(C)o1. The van der Waals surface area contributed by atoms with Gasteiger partial charge in [0.1, 0.15) is 17.3 Å². The first-order valence-electron chi connectivity index (χ1n) is 6.73. The van der Waals surface area contributed by atoms with Crippen LogP contribution >= 0.6 is 0 Å². The van der Waals surface area contributed by atoms with E-state index in [-0.39, 0.29) is 11.9 Å². The topological polar surface area (TPSA) is 25.2 Å². The van der Waals surface area contributed by atoms with Crippen LogP contribution in [0.4, 0.5) is 4.39 Å². The minimum Gasteiger partial charge on any atom is -0.465 e. The van der Waals surface area contributed by atoms with Crippen molar-refractivity contribution in [2.75, 3.05) is 6.54 Å². The summed E-state index contributed by atoms with van der Waals surface area (Å²) in [4.78, 5) is 0. The van der Waals surface area contributed by atoms with Gasteiger partial charge in [-0.05, 0) is 56.1 Å². The van der Waals surface area contributed by atoms with E-state index in [1.165, 1.54) is 6.07 Å². The molecule has 1 unspecified atom stereocenters. The summed E-state index contributed by atoms with van der Waals surface area (Å²) in [6, 6.07) is 10.8. The van der Waals surface area contributed by atoms with Gasteiger partial charge in [-0.2, -0.15) is 0 Å². The number of benzene rings is 1. The maximum atomic E-state index is 13.2. The van der Waals surface area contributed by atoms with Crippen molar-refractivity contribution in [3.8, 4) is 0 Å². The van der Waals surface area contributed by atoms with Gasteiger partial charge in [0.15, 0.2) is 0 Å². The molecule has 0 radical (unpaired) electrons. The Balaban J connectivity index is 2.13. The maximum Gasteiger partial charge on any atom is 0.123 e. The highest BCUT2D eigenvalue weighted by Crippen LogP contribution is 2.21. The van der Waals surface area contributed by atoms with Crippen molar-refractivity contribution in [2.45, 2.75) is 32.7 Å². The average molecular weight is 261 g/mol. The van der Waals surface area contributed by atoms with Gasteiger partial charge >= 0.3 is 0 Å². The molecule has 0 fully saturated rings. The largest absolute Gasteiger partial charge is 0.465 e. The molecule has 0 amide bonds. The van der Waals surface area contributed by atoms with Crippen LogP contribution in [0.2, 0.25) is 0 Å². The molecule has 0 aliphatic heterocycles. The van der Waals surface area contributed by atoms with E-state index < -0.39 is 0 Å². The van der Waals surface area contributed by atoms with Crippen LogP contribution in [0.3, 0.4) is 0 Å². The Kier molecular flexibility index (Phi) is 4.74. The van der Waals surface area contributed by atoms with Gasteiger partial charge in [-0.25, -0.2) is 4.39 Å². The van der Waals surface area contributed by atoms with Gasteiger partial charge in [0.25, 0.3) is 0 Å². The number of halogens is 1. The number of aryl methyl sites for hydroxylation is 1. The molecule has 0 saturated heterocycles. The molecule has 0 aliphatic rings. The molecule has 1 aromatic carbocycles. The number of hydrogen-bond acceptors (Lipinski definition) is 2. The molecule has 0 bridgehead atoms. The highest BCUT2D eigenvalue weighted by molar-refractivity contribution is 5.20. The predicted molar refractivity (Wildman–Crippen MR) is 74.6 cm³/mol. The second-order valence-corrected chi connectivity index (χ2v) is 4.79. The molecule has 19 heavy (non-hydrogen) atoms. The van der Waals surface area contributed by atoms with Crippen LogP contribution in [0.15, 0.2) is 40.8 Å². The third-order valence-corrected chi connectivity index (χ3v) is 3.07. The summed E-state index contributed by atoms with van der Waals surface area (Å²) in [6.45, 7) is 4.97. The van der Waals surface area contributed by atoms with Crippen LogP contribution in [0.1, 0.15) is 36.5 Å². The molecule has 2 rings (SSSR count). The van der Waals surface area contributed by atoms with E-state index in [1.54, 1.807) is 12.1 Å². The summed E-state index contributed by atoms with van der Waals surface area (Å²) in [5.41, 5.74) is 0.975. The van der Waals surface area contributed by atoms with Crippen LogP contribution in [-0.4, -0.2) is 6.54 Å². The number of nitrogens with one attached hydrogen (secondary N) is 1. The second kappa shape index (κ2) is 6.53. The van der Waals surface area contributed by atoms with Crippen LogP contribution in [-0.2, 0) is 6.42 Å². The third kappa shape index (κ3) is 3.93. The highest BCUT2D eigenvalue weighted by atomic mass is 19.1. The van der Waals surface area contributed by atoms with E-state index in [0.29, 0.717) is 0 Å². The minimum atomic E-state index is -0.192. The quantitative estimate of drug-likeness (QED) is 0.850. The molecule has 0 spiro atoms. The standard InChI is InChI=1S/C16H20FNO/c1-3-9-18-15(16-8-7-12(2)19-16)11-13-5-4-6-14(17)10-13/h4-8,10,15,18H,3,9,11H2,1-2H3. The van der Waals surface area contributed by atoms with Crippen molar-refractivity contribution in [1.82, 2.24) is 5.32 Å². The Bertz CT molecular complexity index is 521. The molecule has 1 heterocycles. The van der Waals surface area contributed by atoms with Crippen molar-refractivity contribution in [2.24, 2.45) is 0 Å². The monoisotopic (exact) mass is 261 g/mol. The lowest BCUT2D eigenvalue weighted by atomic mass is 10.0. The fourth-order valence-corrected chi connectivity index (χ4v) is 2.13. The minimum absolute atomic E-state index is 0.0930. The van der Waals surface area contributed by atoms with E-state index in [4.69, 9.17) is 4.42 Å². The van der Waals surface area contributed by atoms with Crippen LogP contribution in [0.5, 0.6) is 0 Å². The highest BCUT2D eigenvalue weighted by Gasteiger charge is 2.15. The molecule has 2 nitrogen and oxygen atoms in total. The molecule has 1 atom stereocenters. The maximum absolute atomic E-state index is 13.2. The van der Waals surface area contributed by atoms with E-state index in [1.807, 2.05) is 25.1 Å². The van der Waals surface area contributed by atoms with Gasteiger partial charge in [0, 0.05) is 0 Å². The zero-order valence-corrected chi connectivity index (χ0v) is 11.4. The summed E-state index contributed by atoms with van der Waals surface area (Å²) >= 11 is 0. The van der Waals surface area contributed by atoms with Gasteiger partial charge < -0.3 is 9.73 Å².